The van der Waals surface area contributed by atoms with Crippen molar-refractivity contribution in [1.29, 1.82) is 0 Å². The molecule has 0 radical (unpaired) electrons. The molecule has 0 bridgehead atoms. The highest BCUT2D eigenvalue weighted by Crippen LogP contribution is 2.36. The molecule has 0 aliphatic rings. The lowest BCUT2D eigenvalue weighted by molar-refractivity contribution is 0.0969. The van der Waals surface area contributed by atoms with E-state index in [0.29, 0.717) is 50.2 Å². The largest absolute Gasteiger partial charge is 0.497 e. The first-order valence-corrected chi connectivity index (χ1v) is 10.2. The van der Waals surface area contributed by atoms with Crippen LogP contribution in [0.3, 0.4) is 0 Å². The number of methoxy groups -OCH3 is 1. The first-order chi connectivity index (χ1) is 15.6. The normalized spacial score (nSPS) is 10.6. The van der Waals surface area contributed by atoms with E-state index in [0.717, 1.165) is 16.9 Å². The highest BCUT2D eigenvalue weighted by molar-refractivity contribution is 5.77. The maximum atomic E-state index is 10.7. The molecule has 0 fully saturated rings. The molecule has 0 aliphatic carbocycles. The van der Waals surface area contributed by atoms with Crippen molar-refractivity contribution in [3.05, 3.63) is 48.5 Å². The summed E-state index contributed by atoms with van der Waals surface area (Å²) in [6.45, 7) is 3.95. The summed E-state index contributed by atoms with van der Waals surface area (Å²) in [6.07, 6.45) is 0.170. The minimum atomic E-state index is -0.584. The first-order valence-electron chi connectivity index (χ1n) is 10.2. The molecule has 2 amide bonds. The molecule has 0 unspecified atom stereocenters. The van der Waals surface area contributed by atoms with Crippen LogP contribution in [0.5, 0.6) is 17.6 Å². The lowest BCUT2D eigenvalue weighted by Gasteiger charge is -2.07. The molecule has 0 saturated carbocycles. The number of carbonyl (C=O) groups is 1. The van der Waals surface area contributed by atoms with Gasteiger partial charge in [-0.15, -0.1) is 0 Å². The SMILES string of the molecule is CCOCCOc1nc(-c2ccc(OC)cc2)c(-c2ccc(OCCNC(N)=O)cc2)o1. The van der Waals surface area contributed by atoms with Gasteiger partial charge in [0.1, 0.15) is 30.4 Å². The molecule has 1 heterocycles. The van der Waals surface area contributed by atoms with Crippen molar-refractivity contribution in [1.82, 2.24) is 10.3 Å². The van der Waals surface area contributed by atoms with Gasteiger partial charge in [-0.3, -0.25) is 0 Å². The van der Waals surface area contributed by atoms with Crippen LogP contribution in [0.25, 0.3) is 22.6 Å². The summed E-state index contributed by atoms with van der Waals surface area (Å²) in [5, 5.41) is 2.47. The van der Waals surface area contributed by atoms with E-state index in [1.807, 2.05) is 55.5 Å². The number of carbonyl (C=O) groups excluding carboxylic acids is 1. The topological polar surface area (TPSA) is 118 Å². The van der Waals surface area contributed by atoms with Gasteiger partial charge in [0, 0.05) is 17.7 Å². The van der Waals surface area contributed by atoms with Crippen LogP contribution in [-0.4, -0.2) is 51.1 Å². The number of hydrogen-bond acceptors (Lipinski definition) is 7. The fourth-order valence-electron chi connectivity index (χ4n) is 2.88. The highest BCUT2D eigenvalue weighted by atomic mass is 16.6. The zero-order valence-electron chi connectivity index (χ0n) is 18.1. The Morgan fingerprint density at radius 1 is 0.969 bits per heavy atom. The van der Waals surface area contributed by atoms with Gasteiger partial charge in [-0.25, -0.2) is 4.79 Å². The summed E-state index contributed by atoms with van der Waals surface area (Å²) in [5.41, 5.74) is 7.36. The van der Waals surface area contributed by atoms with E-state index in [1.165, 1.54) is 0 Å². The molecule has 0 aliphatic heterocycles. The van der Waals surface area contributed by atoms with Crippen LogP contribution in [0.1, 0.15) is 6.92 Å². The third kappa shape index (κ3) is 6.39. The van der Waals surface area contributed by atoms with Gasteiger partial charge < -0.3 is 34.4 Å². The number of ether oxygens (including phenoxy) is 4. The van der Waals surface area contributed by atoms with Gasteiger partial charge in [0.05, 0.1) is 20.3 Å². The predicted molar refractivity (Wildman–Crippen MR) is 119 cm³/mol. The van der Waals surface area contributed by atoms with Gasteiger partial charge in [0.15, 0.2) is 5.76 Å². The summed E-state index contributed by atoms with van der Waals surface area (Å²) >= 11 is 0. The smallest absolute Gasteiger partial charge is 0.394 e. The average molecular weight is 441 g/mol. The Hall–Kier alpha value is -3.72. The van der Waals surface area contributed by atoms with Crippen molar-refractivity contribution in [2.24, 2.45) is 5.73 Å². The quantitative estimate of drug-likeness (QED) is 0.413. The van der Waals surface area contributed by atoms with Crippen LogP contribution >= 0.6 is 0 Å². The number of aromatic nitrogens is 1. The molecule has 3 aromatic rings. The molecule has 3 rings (SSSR count). The Morgan fingerprint density at radius 3 is 2.31 bits per heavy atom. The standard InChI is InChI=1S/C23H27N3O6/c1-3-29-14-15-31-23-26-20(16-4-8-18(28-2)9-5-16)21(32-23)17-6-10-19(11-7-17)30-13-12-25-22(24)27/h4-11H,3,12-15H2,1-2H3,(H3,24,25,27). The second-order valence-corrected chi connectivity index (χ2v) is 6.60. The molecule has 0 saturated heterocycles. The van der Waals surface area contributed by atoms with E-state index in [1.54, 1.807) is 7.11 Å². The average Bonchev–Trinajstić information content (AvgIpc) is 3.24. The molecule has 170 valence electrons. The molecule has 9 heteroatoms. The van der Waals surface area contributed by atoms with Gasteiger partial charge in [0.25, 0.3) is 0 Å². The van der Waals surface area contributed by atoms with Gasteiger partial charge in [0.2, 0.25) is 0 Å². The molecule has 1 aromatic heterocycles. The van der Waals surface area contributed by atoms with E-state index in [4.69, 9.17) is 29.1 Å². The predicted octanol–water partition coefficient (Wildman–Crippen LogP) is 3.48. The third-order valence-electron chi connectivity index (χ3n) is 4.41. The second kappa shape index (κ2) is 11.6. The summed E-state index contributed by atoms with van der Waals surface area (Å²) in [5.74, 6) is 1.97. The van der Waals surface area contributed by atoms with E-state index >= 15 is 0 Å². The number of amides is 2. The maximum absolute atomic E-state index is 10.7. The minimum Gasteiger partial charge on any atom is -0.497 e. The van der Waals surface area contributed by atoms with E-state index in [2.05, 4.69) is 10.3 Å². The maximum Gasteiger partial charge on any atom is 0.394 e. The fourth-order valence-corrected chi connectivity index (χ4v) is 2.88. The number of nitrogens with two attached hydrogens (primary N) is 1. The number of rotatable bonds is 12. The lowest BCUT2D eigenvalue weighted by atomic mass is 10.1. The van der Waals surface area contributed by atoms with Crippen molar-refractivity contribution >= 4 is 6.03 Å². The van der Waals surface area contributed by atoms with Gasteiger partial charge in [-0.1, -0.05) is 0 Å². The number of nitrogens with one attached hydrogen (secondary N) is 1. The number of nitrogens with zero attached hydrogens (tertiary/aromatic N) is 1. The Kier molecular flexibility index (Phi) is 8.33. The second-order valence-electron chi connectivity index (χ2n) is 6.60. The van der Waals surface area contributed by atoms with Crippen molar-refractivity contribution in [3.63, 3.8) is 0 Å². The number of hydrogen-bond donors (Lipinski definition) is 2. The van der Waals surface area contributed by atoms with Gasteiger partial charge in [-0.05, 0) is 55.5 Å². The Balaban J connectivity index is 1.79. The van der Waals surface area contributed by atoms with Crippen molar-refractivity contribution < 1.29 is 28.2 Å². The van der Waals surface area contributed by atoms with Crippen molar-refractivity contribution in [2.45, 2.75) is 6.92 Å². The van der Waals surface area contributed by atoms with Crippen molar-refractivity contribution in [2.75, 3.05) is 40.1 Å². The molecule has 2 aromatic carbocycles. The minimum absolute atomic E-state index is 0.170. The molecule has 0 atom stereocenters. The lowest BCUT2D eigenvalue weighted by Crippen LogP contribution is -2.32. The zero-order valence-corrected chi connectivity index (χ0v) is 18.1. The van der Waals surface area contributed by atoms with Crippen LogP contribution < -0.4 is 25.3 Å². The summed E-state index contributed by atoms with van der Waals surface area (Å²) < 4.78 is 27.7. The monoisotopic (exact) mass is 441 g/mol. The molecular formula is C23H27N3O6. The Bertz CT molecular complexity index is 986. The number of benzene rings is 2. The van der Waals surface area contributed by atoms with E-state index < -0.39 is 6.03 Å². The van der Waals surface area contributed by atoms with Crippen LogP contribution in [-0.2, 0) is 4.74 Å². The molecule has 32 heavy (non-hydrogen) atoms. The Morgan fingerprint density at radius 2 is 1.66 bits per heavy atom. The van der Waals surface area contributed by atoms with Crippen LogP contribution in [0, 0.1) is 0 Å². The van der Waals surface area contributed by atoms with E-state index in [9.17, 15) is 4.79 Å². The summed E-state index contributed by atoms with van der Waals surface area (Å²) in [7, 11) is 1.62. The molecular weight excluding hydrogens is 414 g/mol. The zero-order chi connectivity index (χ0) is 22.8. The summed E-state index contributed by atoms with van der Waals surface area (Å²) in [4.78, 5) is 15.3. The number of urea groups is 1. The molecule has 9 nitrogen and oxygen atoms in total. The Labute approximate surface area is 186 Å². The van der Waals surface area contributed by atoms with Gasteiger partial charge in [-0.2, -0.15) is 4.98 Å². The van der Waals surface area contributed by atoms with Crippen LogP contribution in [0.2, 0.25) is 0 Å². The molecule has 0 spiro atoms. The number of oxazole rings is 1. The number of primary amides is 1. The van der Waals surface area contributed by atoms with Gasteiger partial charge >= 0.3 is 12.1 Å². The molecule has 3 N–H and O–H groups in total. The first kappa shape index (κ1) is 23.0. The highest BCUT2D eigenvalue weighted by Gasteiger charge is 2.18. The fraction of sp³-hybridized carbons (Fsp3) is 0.304. The van der Waals surface area contributed by atoms with Crippen LogP contribution in [0.4, 0.5) is 4.79 Å². The van der Waals surface area contributed by atoms with E-state index in [-0.39, 0.29) is 6.08 Å². The third-order valence-corrected chi connectivity index (χ3v) is 4.41. The van der Waals surface area contributed by atoms with Crippen molar-refractivity contribution in [3.8, 4) is 40.2 Å². The van der Waals surface area contributed by atoms with Crippen LogP contribution in [0.15, 0.2) is 52.9 Å². The summed E-state index contributed by atoms with van der Waals surface area (Å²) in [6, 6.07) is 14.3.